The first-order chi connectivity index (χ1) is 25.2. The van der Waals surface area contributed by atoms with Gasteiger partial charge in [-0.25, -0.2) is 13.4 Å². The van der Waals surface area contributed by atoms with Crippen molar-refractivity contribution < 1.29 is 37.1 Å². The van der Waals surface area contributed by atoms with Gasteiger partial charge < -0.3 is 14.4 Å². The van der Waals surface area contributed by atoms with E-state index in [2.05, 4.69) is 4.72 Å². The van der Waals surface area contributed by atoms with Crippen molar-refractivity contribution in [2.75, 3.05) is 6.54 Å². The van der Waals surface area contributed by atoms with Gasteiger partial charge in [0.25, 0.3) is 0 Å². The maximum absolute atomic E-state index is 14.8. The van der Waals surface area contributed by atoms with Gasteiger partial charge in [-0.05, 0) is 97.0 Å². The summed E-state index contributed by atoms with van der Waals surface area (Å²) in [6.07, 6.45) is 11.8. The number of para-hydroxylation sites is 1. The van der Waals surface area contributed by atoms with Crippen LogP contribution in [0.2, 0.25) is 0 Å². The molecule has 8 rings (SSSR count). The van der Waals surface area contributed by atoms with Crippen molar-refractivity contribution in [2.24, 2.45) is 17.3 Å². The highest BCUT2D eigenvalue weighted by Crippen LogP contribution is 2.58. The number of carbonyl (C=O) groups excluding carboxylic acids is 4. The SMILES string of the molecule is Cc1nc2ccccc2c2c1O[C@]1(CC2)C[C@H]2C(=O)C[C@]3(C(=O)NS(=O)(=O)C4(C)CC4)C[C@H]3/C=C\CCCCC[C@H](CC(=O)OC3(C)CC3)C(=O)N2C1. The van der Waals surface area contributed by atoms with Gasteiger partial charge in [-0.15, -0.1) is 0 Å². The Bertz CT molecular complexity index is 2020. The number of rotatable bonds is 6. The molecule has 6 aliphatic rings. The second-order valence-electron chi connectivity index (χ2n) is 17.4. The highest BCUT2D eigenvalue weighted by molar-refractivity contribution is 7.91. The third kappa shape index (κ3) is 6.78. The van der Waals surface area contributed by atoms with Crippen LogP contribution < -0.4 is 9.46 Å². The molecule has 53 heavy (non-hydrogen) atoms. The van der Waals surface area contributed by atoms with Gasteiger partial charge in [0.1, 0.15) is 17.0 Å². The monoisotopic (exact) mass is 745 g/mol. The molecule has 5 atom stereocenters. The summed E-state index contributed by atoms with van der Waals surface area (Å²) >= 11 is 0. The van der Waals surface area contributed by atoms with Crippen molar-refractivity contribution in [2.45, 2.75) is 139 Å². The summed E-state index contributed by atoms with van der Waals surface area (Å²) in [5.41, 5.74) is 0.113. The maximum Gasteiger partial charge on any atom is 0.307 e. The Morgan fingerprint density at radius 2 is 1.81 bits per heavy atom. The van der Waals surface area contributed by atoms with Gasteiger partial charge in [0.05, 0.1) is 40.4 Å². The second-order valence-corrected chi connectivity index (χ2v) is 19.6. The van der Waals surface area contributed by atoms with Gasteiger partial charge in [0.2, 0.25) is 21.8 Å². The van der Waals surface area contributed by atoms with Crippen LogP contribution in [0, 0.1) is 24.2 Å². The van der Waals surface area contributed by atoms with E-state index in [1.807, 2.05) is 50.3 Å². The number of amides is 2. The van der Waals surface area contributed by atoms with Crippen LogP contribution in [0.15, 0.2) is 36.4 Å². The predicted octanol–water partition coefficient (Wildman–Crippen LogP) is 5.79. The van der Waals surface area contributed by atoms with Crippen molar-refractivity contribution >= 4 is 44.5 Å². The van der Waals surface area contributed by atoms with Crippen LogP contribution in [0.25, 0.3) is 10.9 Å². The summed E-state index contributed by atoms with van der Waals surface area (Å²) in [7, 11) is -3.92. The Morgan fingerprint density at radius 3 is 2.57 bits per heavy atom. The molecule has 284 valence electrons. The Kier molecular flexibility index (Phi) is 8.82. The zero-order chi connectivity index (χ0) is 37.4. The largest absolute Gasteiger partial charge is 0.483 e. The lowest BCUT2D eigenvalue weighted by molar-refractivity contribution is -0.155. The molecule has 0 radical (unpaired) electrons. The van der Waals surface area contributed by atoms with E-state index < -0.39 is 55.2 Å². The number of fused-ring (bicyclic) bond motifs is 5. The van der Waals surface area contributed by atoms with Crippen molar-refractivity contribution in [3.63, 3.8) is 0 Å². The quantitative estimate of drug-likeness (QED) is 0.286. The Balaban J connectivity index is 1.13. The first-order valence-electron chi connectivity index (χ1n) is 19.5. The fourth-order valence-electron chi connectivity index (χ4n) is 8.91. The lowest BCUT2D eigenvalue weighted by atomic mass is 9.85. The number of ether oxygens (including phenoxy) is 2. The number of carbonyl (C=O) groups is 4. The molecular formula is C41H51N3O8S. The zero-order valence-corrected chi connectivity index (χ0v) is 31.9. The van der Waals surface area contributed by atoms with E-state index in [1.54, 1.807) is 11.8 Å². The highest BCUT2D eigenvalue weighted by Gasteiger charge is 2.63. The van der Waals surface area contributed by atoms with E-state index in [9.17, 15) is 27.6 Å². The fourth-order valence-corrected chi connectivity index (χ4v) is 10.2. The molecule has 1 saturated heterocycles. The number of Topliss-reactive ketones (excluding diaryl/α,β-unsaturated/α-hetero) is 1. The first kappa shape index (κ1) is 36.2. The van der Waals surface area contributed by atoms with E-state index in [4.69, 9.17) is 14.5 Å². The average Bonchev–Trinajstić information content (AvgIpc) is 4.07. The number of pyridine rings is 1. The molecule has 1 aromatic carbocycles. The van der Waals surface area contributed by atoms with E-state index in [1.165, 1.54) is 0 Å². The second kappa shape index (κ2) is 12.9. The lowest BCUT2D eigenvalue weighted by Gasteiger charge is -2.36. The van der Waals surface area contributed by atoms with Crippen LogP contribution in [0.3, 0.4) is 0 Å². The van der Waals surface area contributed by atoms with Crippen LogP contribution in [-0.4, -0.2) is 70.4 Å². The van der Waals surface area contributed by atoms with Gasteiger partial charge in [0.15, 0.2) is 5.78 Å². The molecular weight excluding hydrogens is 695 g/mol. The van der Waals surface area contributed by atoms with Gasteiger partial charge >= 0.3 is 5.97 Å². The van der Waals surface area contributed by atoms with E-state index in [0.717, 1.165) is 60.7 Å². The summed E-state index contributed by atoms with van der Waals surface area (Å²) in [5, 5.41) is 1.02. The number of hydrogen-bond acceptors (Lipinski definition) is 9. The minimum Gasteiger partial charge on any atom is -0.483 e. The average molecular weight is 746 g/mol. The summed E-state index contributed by atoms with van der Waals surface area (Å²) < 4.78 is 40.5. The molecule has 1 spiro atoms. The Labute approximate surface area is 311 Å². The summed E-state index contributed by atoms with van der Waals surface area (Å²) in [5.74, 6) is -1.89. The number of nitrogens with zero attached hydrogens (tertiary/aromatic N) is 2. The molecule has 1 N–H and O–H groups in total. The molecule has 3 aliphatic carbocycles. The Hall–Kier alpha value is -3.80. The standard InChI is InChI=1S/C41H51N3O8S/c1-26-35-30(29-13-9-10-14-31(29)42-26)15-16-40(52-35)23-32-33(45)24-41(37(48)43-53(49,50)39(3)19-20-39)22-28(41)12-8-6-4-5-7-11-27(36(47)44(32)25-40)21-34(46)51-38(2)17-18-38/h8-10,12-14,27-28,32H,4-7,11,15-25H2,1-3H3,(H,43,48)/b12-8-/t27-,28-,32+,40-,41-/m1/s1. The van der Waals surface area contributed by atoms with Crippen molar-refractivity contribution in [3.8, 4) is 5.75 Å². The smallest absolute Gasteiger partial charge is 0.307 e. The number of hydrogen-bond donors (Lipinski definition) is 1. The highest BCUT2D eigenvalue weighted by atomic mass is 32.2. The van der Waals surface area contributed by atoms with Gasteiger partial charge in [0, 0.05) is 29.7 Å². The summed E-state index contributed by atoms with van der Waals surface area (Å²) in [4.78, 5) is 63.1. The van der Waals surface area contributed by atoms with Crippen molar-refractivity contribution in [1.82, 2.24) is 14.6 Å². The summed E-state index contributed by atoms with van der Waals surface area (Å²) in [6.45, 7) is 5.61. The molecule has 3 aliphatic heterocycles. The number of sulfonamides is 1. The topological polar surface area (TPSA) is 149 Å². The lowest BCUT2D eigenvalue weighted by Crippen LogP contribution is -2.48. The molecule has 0 unspecified atom stereocenters. The summed E-state index contributed by atoms with van der Waals surface area (Å²) in [6, 6.07) is 7.04. The number of esters is 1. The number of benzene rings is 1. The molecule has 4 heterocycles. The molecule has 4 fully saturated rings. The molecule has 2 amide bonds. The van der Waals surface area contributed by atoms with Gasteiger partial charge in [-0.2, -0.15) is 0 Å². The minimum absolute atomic E-state index is 0.0670. The molecule has 0 bridgehead atoms. The molecule has 12 heteroatoms. The normalized spacial score (nSPS) is 32.3. The predicted molar refractivity (Wildman–Crippen MR) is 197 cm³/mol. The number of allylic oxidation sites excluding steroid dienone is 2. The first-order valence-corrected chi connectivity index (χ1v) is 21.0. The molecule has 11 nitrogen and oxygen atoms in total. The molecule has 3 saturated carbocycles. The third-order valence-electron chi connectivity index (χ3n) is 13.1. The number of aryl methyl sites for hydroxylation is 2. The van der Waals surface area contributed by atoms with Gasteiger partial charge in [-0.1, -0.05) is 43.2 Å². The van der Waals surface area contributed by atoms with Crippen molar-refractivity contribution in [3.05, 3.63) is 47.7 Å². The zero-order valence-electron chi connectivity index (χ0n) is 31.1. The van der Waals surface area contributed by atoms with Gasteiger partial charge in [-0.3, -0.25) is 23.9 Å². The van der Waals surface area contributed by atoms with Crippen LogP contribution in [0.1, 0.15) is 115 Å². The van der Waals surface area contributed by atoms with E-state index >= 15 is 0 Å². The number of aromatic nitrogens is 1. The molecule has 1 aromatic heterocycles. The van der Waals surface area contributed by atoms with Crippen LogP contribution in [0.4, 0.5) is 0 Å². The third-order valence-corrected chi connectivity index (χ3v) is 15.3. The minimum atomic E-state index is -3.92. The van der Waals surface area contributed by atoms with E-state index in [-0.39, 0.29) is 43.4 Å². The fraction of sp³-hybridized carbons (Fsp3) is 0.634. The molecule has 2 aromatic rings. The van der Waals surface area contributed by atoms with Crippen LogP contribution in [-0.2, 0) is 40.4 Å². The maximum atomic E-state index is 14.8. The Morgan fingerprint density at radius 1 is 1.04 bits per heavy atom. The van der Waals surface area contributed by atoms with E-state index in [0.29, 0.717) is 44.3 Å². The number of nitrogens with one attached hydrogen (secondary N) is 1. The van der Waals surface area contributed by atoms with Crippen LogP contribution in [0.5, 0.6) is 5.75 Å². The van der Waals surface area contributed by atoms with Crippen LogP contribution >= 0.6 is 0 Å². The van der Waals surface area contributed by atoms with Crippen molar-refractivity contribution in [1.29, 1.82) is 0 Å². The number of ketones is 1.